The van der Waals surface area contributed by atoms with E-state index >= 15 is 0 Å². The van der Waals surface area contributed by atoms with Crippen molar-refractivity contribution in [2.75, 3.05) is 13.6 Å². The molecular formula is C14H19ClN2O2. The zero-order chi connectivity index (χ0) is 14.0. The van der Waals surface area contributed by atoms with Crippen LogP contribution >= 0.6 is 11.6 Å². The Kier molecular flexibility index (Phi) is 4.11. The number of carbonyl (C=O) groups excluding carboxylic acids is 1. The molecule has 0 unspecified atom stereocenters. The Labute approximate surface area is 118 Å². The normalized spacial score (nSPS) is 17.5. The number of pyridine rings is 1. The average molecular weight is 283 g/mol. The van der Waals surface area contributed by atoms with E-state index in [1.165, 1.54) is 11.1 Å². The molecule has 1 amide bonds. The van der Waals surface area contributed by atoms with Gasteiger partial charge in [0, 0.05) is 25.5 Å². The Balaban J connectivity index is 2.10. The highest BCUT2D eigenvalue weighted by Crippen LogP contribution is 2.30. The molecule has 19 heavy (non-hydrogen) atoms. The fourth-order valence-electron chi connectivity index (χ4n) is 2.59. The summed E-state index contributed by atoms with van der Waals surface area (Å²) in [5.74, 6) is -0.196. The molecule has 2 rings (SSSR count). The quantitative estimate of drug-likeness (QED) is 0.926. The summed E-state index contributed by atoms with van der Waals surface area (Å²) in [7, 11) is 1.69. The number of aliphatic hydroxyl groups is 1. The summed E-state index contributed by atoms with van der Waals surface area (Å²) in [6, 6.07) is 1.67. The molecule has 4 nitrogen and oxygen atoms in total. The lowest BCUT2D eigenvalue weighted by atomic mass is 10.0. The van der Waals surface area contributed by atoms with E-state index in [1.54, 1.807) is 13.1 Å². The van der Waals surface area contributed by atoms with Crippen molar-refractivity contribution in [2.24, 2.45) is 0 Å². The monoisotopic (exact) mass is 282 g/mol. The minimum absolute atomic E-state index is 0.196. The Hall–Kier alpha value is -1.13. The van der Waals surface area contributed by atoms with Crippen LogP contribution in [0.2, 0.25) is 5.02 Å². The number of nitrogens with zero attached hydrogens (tertiary/aromatic N) is 2. The molecule has 1 N–H and O–H groups in total. The molecule has 0 saturated heterocycles. The van der Waals surface area contributed by atoms with E-state index in [-0.39, 0.29) is 5.91 Å². The van der Waals surface area contributed by atoms with E-state index in [9.17, 15) is 9.90 Å². The van der Waals surface area contributed by atoms with Crippen molar-refractivity contribution in [2.45, 2.75) is 38.2 Å². The van der Waals surface area contributed by atoms with E-state index < -0.39 is 5.60 Å². The van der Waals surface area contributed by atoms with Crippen molar-refractivity contribution in [3.8, 4) is 0 Å². The third kappa shape index (κ3) is 3.25. The van der Waals surface area contributed by atoms with Gasteiger partial charge in [-0.25, -0.2) is 0 Å². The molecule has 0 bridgehead atoms. The topological polar surface area (TPSA) is 53.4 Å². The Morgan fingerprint density at radius 1 is 1.53 bits per heavy atom. The van der Waals surface area contributed by atoms with Crippen molar-refractivity contribution >= 4 is 17.5 Å². The van der Waals surface area contributed by atoms with Crippen molar-refractivity contribution in [1.29, 1.82) is 0 Å². The third-order valence-electron chi connectivity index (χ3n) is 3.63. The molecule has 1 fully saturated rings. The maximum Gasteiger partial charge on any atom is 0.256 e. The Bertz CT molecular complexity index is 484. The summed E-state index contributed by atoms with van der Waals surface area (Å²) in [6.45, 7) is 2.17. The lowest BCUT2D eigenvalue weighted by Gasteiger charge is -2.28. The van der Waals surface area contributed by atoms with Crippen LogP contribution in [-0.2, 0) is 0 Å². The summed E-state index contributed by atoms with van der Waals surface area (Å²) in [4.78, 5) is 17.9. The molecule has 0 aromatic carbocycles. The number of amides is 1. The number of carbonyl (C=O) groups is 1. The second kappa shape index (κ2) is 5.47. The predicted molar refractivity (Wildman–Crippen MR) is 74.4 cm³/mol. The van der Waals surface area contributed by atoms with Crippen LogP contribution in [0.3, 0.4) is 0 Å². The Morgan fingerprint density at radius 2 is 2.16 bits per heavy atom. The predicted octanol–water partition coefficient (Wildman–Crippen LogP) is 2.42. The van der Waals surface area contributed by atoms with E-state index in [0.29, 0.717) is 17.1 Å². The van der Waals surface area contributed by atoms with Gasteiger partial charge in [0.25, 0.3) is 5.91 Å². The third-order valence-corrected chi connectivity index (χ3v) is 3.95. The highest BCUT2D eigenvalue weighted by molar-refractivity contribution is 6.33. The van der Waals surface area contributed by atoms with Gasteiger partial charge in [-0.15, -0.1) is 0 Å². The molecule has 1 saturated carbocycles. The van der Waals surface area contributed by atoms with Gasteiger partial charge in [0.2, 0.25) is 0 Å². The van der Waals surface area contributed by atoms with E-state index in [1.807, 2.05) is 6.92 Å². The molecule has 0 radical (unpaired) electrons. The fourth-order valence-corrected chi connectivity index (χ4v) is 2.88. The summed E-state index contributed by atoms with van der Waals surface area (Å²) < 4.78 is 0. The van der Waals surface area contributed by atoms with Crippen LogP contribution in [-0.4, -0.2) is 40.1 Å². The summed E-state index contributed by atoms with van der Waals surface area (Å²) >= 11 is 6.07. The zero-order valence-corrected chi connectivity index (χ0v) is 12.1. The molecule has 1 heterocycles. The van der Waals surface area contributed by atoms with Crippen molar-refractivity contribution < 1.29 is 9.90 Å². The van der Waals surface area contributed by atoms with E-state index in [4.69, 9.17) is 11.6 Å². The number of hydrogen-bond acceptors (Lipinski definition) is 3. The van der Waals surface area contributed by atoms with Gasteiger partial charge < -0.3 is 10.0 Å². The highest BCUT2D eigenvalue weighted by Gasteiger charge is 2.33. The number of likely N-dealkylation sites (N-methyl/N-ethyl adjacent to an activating group) is 1. The second-order valence-electron chi connectivity index (χ2n) is 5.40. The summed E-state index contributed by atoms with van der Waals surface area (Å²) in [5, 5.41) is 10.7. The van der Waals surface area contributed by atoms with Gasteiger partial charge in [-0.2, -0.15) is 0 Å². The number of aromatic nitrogens is 1. The SMILES string of the molecule is Cc1cc(Cl)c(C(=O)N(C)CC2(O)CCCC2)cn1. The molecule has 1 aromatic heterocycles. The first-order valence-electron chi connectivity index (χ1n) is 6.51. The molecule has 1 aliphatic rings. The van der Waals surface area contributed by atoms with Crippen LogP contribution in [0.5, 0.6) is 0 Å². The van der Waals surface area contributed by atoms with E-state index in [2.05, 4.69) is 4.98 Å². The van der Waals surface area contributed by atoms with Crippen LogP contribution in [0, 0.1) is 6.92 Å². The van der Waals surface area contributed by atoms with E-state index in [0.717, 1.165) is 31.4 Å². The average Bonchev–Trinajstić information content (AvgIpc) is 2.75. The van der Waals surface area contributed by atoms with Crippen LogP contribution in [0.25, 0.3) is 0 Å². The maximum absolute atomic E-state index is 12.3. The smallest absolute Gasteiger partial charge is 0.256 e. The number of aryl methyl sites for hydroxylation is 1. The number of hydrogen-bond donors (Lipinski definition) is 1. The van der Waals surface area contributed by atoms with Crippen molar-refractivity contribution in [1.82, 2.24) is 9.88 Å². The Morgan fingerprint density at radius 3 is 2.74 bits per heavy atom. The molecule has 0 atom stereocenters. The van der Waals surface area contributed by atoms with Gasteiger partial charge >= 0.3 is 0 Å². The number of halogens is 1. The van der Waals surface area contributed by atoms with Gasteiger partial charge in [0.05, 0.1) is 16.2 Å². The molecule has 104 valence electrons. The minimum atomic E-state index is -0.741. The zero-order valence-electron chi connectivity index (χ0n) is 11.3. The lowest BCUT2D eigenvalue weighted by Crippen LogP contribution is -2.42. The highest BCUT2D eigenvalue weighted by atomic mass is 35.5. The first-order chi connectivity index (χ1) is 8.91. The molecule has 1 aliphatic carbocycles. The maximum atomic E-state index is 12.3. The molecule has 0 aliphatic heterocycles. The largest absolute Gasteiger partial charge is 0.388 e. The van der Waals surface area contributed by atoms with Gasteiger partial charge in [0.1, 0.15) is 0 Å². The van der Waals surface area contributed by atoms with Crippen LogP contribution in [0.15, 0.2) is 12.3 Å². The molecule has 5 heteroatoms. The lowest BCUT2D eigenvalue weighted by molar-refractivity contribution is 0.0156. The molecule has 1 aromatic rings. The van der Waals surface area contributed by atoms with Gasteiger partial charge in [-0.3, -0.25) is 9.78 Å². The first kappa shape index (κ1) is 14.3. The van der Waals surface area contributed by atoms with Crippen LogP contribution in [0.4, 0.5) is 0 Å². The standard InChI is InChI=1S/C14H19ClN2O2/c1-10-7-12(15)11(8-16-10)13(18)17(2)9-14(19)5-3-4-6-14/h7-8,19H,3-6,9H2,1-2H3. The summed E-state index contributed by atoms with van der Waals surface area (Å²) in [5.41, 5.74) is 0.421. The van der Waals surface area contributed by atoms with Crippen LogP contribution in [0.1, 0.15) is 41.7 Å². The van der Waals surface area contributed by atoms with Crippen molar-refractivity contribution in [3.05, 3.63) is 28.5 Å². The van der Waals surface area contributed by atoms with Gasteiger partial charge in [-0.05, 0) is 25.8 Å². The minimum Gasteiger partial charge on any atom is -0.388 e. The van der Waals surface area contributed by atoms with Crippen LogP contribution < -0.4 is 0 Å². The first-order valence-corrected chi connectivity index (χ1v) is 6.89. The van der Waals surface area contributed by atoms with Gasteiger partial charge in [0.15, 0.2) is 0 Å². The fraction of sp³-hybridized carbons (Fsp3) is 0.571. The second-order valence-corrected chi connectivity index (χ2v) is 5.81. The van der Waals surface area contributed by atoms with Gasteiger partial charge in [-0.1, -0.05) is 24.4 Å². The summed E-state index contributed by atoms with van der Waals surface area (Å²) in [6.07, 6.45) is 5.04. The number of rotatable bonds is 3. The molecule has 0 spiro atoms. The van der Waals surface area contributed by atoms with Crippen molar-refractivity contribution in [3.63, 3.8) is 0 Å². The molecular weight excluding hydrogens is 264 g/mol.